The quantitative estimate of drug-likeness (QED) is 0.675. The van der Waals surface area contributed by atoms with Crippen molar-refractivity contribution in [2.45, 2.75) is 19.4 Å². The minimum atomic E-state index is -0.796. The van der Waals surface area contributed by atoms with Crippen LogP contribution in [0.15, 0.2) is 18.2 Å². The van der Waals surface area contributed by atoms with Crippen molar-refractivity contribution in [2.75, 3.05) is 25.5 Å². The number of halogens is 1. The maximum absolute atomic E-state index is 13.5. The molecule has 1 aliphatic rings. The molecule has 1 aliphatic heterocycles. The van der Waals surface area contributed by atoms with Crippen molar-refractivity contribution in [2.24, 2.45) is 5.92 Å². The topological polar surface area (TPSA) is 58.4 Å². The summed E-state index contributed by atoms with van der Waals surface area (Å²) in [6.07, 6.45) is 0.894. The van der Waals surface area contributed by atoms with Gasteiger partial charge in [0.05, 0.1) is 4.92 Å². The molecule has 0 radical (unpaired) electrons. The smallest absolute Gasteiger partial charge is 0.327 e. The molecule has 2 rings (SSSR count). The molecule has 1 N–H and O–H groups in total. The summed E-state index contributed by atoms with van der Waals surface area (Å²) in [4.78, 5) is 12.5. The number of nitrogens with zero attached hydrogens (tertiary/aromatic N) is 2. The lowest BCUT2D eigenvalue weighted by molar-refractivity contribution is -0.386. The summed E-state index contributed by atoms with van der Waals surface area (Å²) >= 11 is 0. The third-order valence-electron chi connectivity index (χ3n) is 3.62. The highest BCUT2D eigenvalue weighted by Crippen LogP contribution is 2.30. The van der Waals surface area contributed by atoms with E-state index in [4.69, 9.17) is 0 Å². The molecule has 2 atom stereocenters. The normalized spacial score (nSPS) is 24.2. The van der Waals surface area contributed by atoms with Gasteiger partial charge in [-0.05, 0) is 38.1 Å². The van der Waals surface area contributed by atoms with E-state index >= 15 is 0 Å². The number of likely N-dealkylation sites (tertiary alicyclic amines) is 1. The van der Waals surface area contributed by atoms with Crippen LogP contribution >= 0.6 is 0 Å². The average Bonchev–Trinajstić information content (AvgIpc) is 2.32. The van der Waals surface area contributed by atoms with Gasteiger partial charge in [0.1, 0.15) is 5.69 Å². The molecular weight excluding hydrogens is 249 g/mol. The van der Waals surface area contributed by atoms with Crippen LogP contribution in [0, 0.1) is 21.8 Å². The van der Waals surface area contributed by atoms with Gasteiger partial charge in [0.25, 0.3) is 0 Å². The second kappa shape index (κ2) is 5.52. The lowest BCUT2D eigenvalue weighted by atomic mass is 9.94. The lowest BCUT2D eigenvalue weighted by Crippen LogP contribution is -2.43. The van der Waals surface area contributed by atoms with Gasteiger partial charge in [-0.1, -0.05) is 13.0 Å². The first-order valence-electron chi connectivity index (χ1n) is 6.37. The Bertz CT molecular complexity index is 481. The monoisotopic (exact) mass is 267 g/mol. The molecule has 104 valence electrons. The molecule has 0 saturated carbocycles. The van der Waals surface area contributed by atoms with E-state index in [1.54, 1.807) is 6.07 Å². The van der Waals surface area contributed by atoms with Crippen molar-refractivity contribution < 1.29 is 9.31 Å². The third kappa shape index (κ3) is 3.01. The first-order valence-corrected chi connectivity index (χ1v) is 6.37. The molecule has 2 unspecified atom stereocenters. The van der Waals surface area contributed by atoms with E-state index in [9.17, 15) is 14.5 Å². The Kier molecular flexibility index (Phi) is 3.99. The van der Waals surface area contributed by atoms with E-state index in [0.717, 1.165) is 25.6 Å². The van der Waals surface area contributed by atoms with Crippen molar-refractivity contribution in [1.29, 1.82) is 0 Å². The van der Waals surface area contributed by atoms with Crippen molar-refractivity contribution >= 4 is 11.4 Å². The Labute approximate surface area is 111 Å². The molecule has 5 nitrogen and oxygen atoms in total. The van der Waals surface area contributed by atoms with E-state index < -0.39 is 16.4 Å². The summed E-state index contributed by atoms with van der Waals surface area (Å²) in [6.45, 7) is 3.96. The molecule has 6 heteroatoms. The highest BCUT2D eigenvalue weighted by atomic mass is 19.1. The van der Waals surface area contributed by atoms with Crippen molar-refractivity contribution in [1.82, 2.24) is 4.90 Å². The average molecular weight is 267 g/mol. The summed E-state index contributed by atoms with van der Waals surface area (Å²) in [5.74, 6) is -0.433. The lowest BCUT2D eigenvalue weighted by Gasteiger charge is -2.35. The van der Waals surface area contributed by atoms with Crippen LogP contribution in [0.2, 0.25) is 0 Å². The van der Waals surface area contributed by atoms with Crippen LogP contribution in [0.1, 0.15) is 13.3 Å². The zero-order valence-corrected chi connectivity index (χ0v) is 11.1. The summed E-state index contributed by atoms with van der Waals surface area (Å²) < 4.78 is 13.5. The number of para-hydroxylation sites is 1. The van der Waals surface area contributed by atoms with Gasteiger partial charge in [0, 0.05) is 12.6 Å². The summed E-state index contributed by atoms with van der Waals surface area (Å²) in [5, 5.41) is 14.1. The number of rotatable bonds is 3. The fourth-order valence-electron chi connectivity index (χ4n) is 2.59. The molecule has 1 aromatic rings. The van der Waals surface area contributed by atoms with Crippen LogP contribution in [0.3, 0.4) is 0 Å². The second-order valence-electron chi connectivity index (χ2n) is 5.17. The molecule has 19 heavy (non-hydrogen) atoms. The minimum Gasteiger partial charge on any atom is -0.376 e. The number of piperidine rings is 1. The van der Waals surface area contributed by atoms with E-state index in [1.807, 2.05) is 0 Å². The molecule has 1 fully saturated rings. The number of nitrogens with one attached hydrogen (secondary N) is 1. The van der Waals surface area contributed by atoms with Gasteiger partial charge in [-0.15, -0.1) is 0 Å². The molecule has 1 saturated heterocycles. The fraction of sp³-hybridized carbons (Fsp3) is 0.538. The summed E-state index contributed by atoms with van der Waals surface area (Å²) in [6, 6.07) is 4.30. The maximum Gasteiger partial charge on any atom is 0.327 e. The zero-order valence-electron chi connectivity index (χ0n) is 11.1. The van der Waals surface area contributed by atoms with E-state index in [1.165, 1.54) is 6.07 Å². The van der Waals surface area contributed by atoms with Crippen molar-refractivity contribution in [3.63, 3.8) is 0 Å². The number of nitro benzene ring substituents is 1. The number of benzene rings is 1. The summed E-state index contributed by atoms with van der Waals surface area (Å²) in [5.41, 5.74) is -0.194. The summed E-state index contributed by atoms with van der Waals surface area (Å²) in [7, 11) is 2.05. The van der Waals surface area contributed by atoms with E-state index in [2.05, 4.69) is 24.2 Å². The van der Waals surface area contributed by atoms with Gasteiger partial charge < -0.3 is 10.2 Å². The van der Waals surface area contributed by atoms with Gasteiger partial charge in [0.2, 0.25) is 5.82 Å². The van der Waals surface area contributed by atoms with Crippen LogP contribution in [0.25, 0.3) is 0 Å². The highest BCUT2D eigenvalue weighted by Gasteiger charge is 2.27. The predicted molar refractivity (Wildman–Crippen MR) is 71.7 cm³/mol. The van der Waals surface area contributed by atoms with Gasteiger partial charge in [-0.25, -0.2) is 0 Å². The third-order valence-corrected chi connectivity index (χ3v) is 3.62. The van der Waals surface area contributed by atoms with Crippen molar-refractivity contribution in [3.05, 3.63) is 34.1 Å². The molecule has 0 spiro atoms. The Morgan fingerprint density at radius 2 is 2.26 bits per heavy atom. The van der Waals surface area contributed by atoms with Gasteiger partial charge in [0.15, 0.2) is 0 Å². The Hall–Kier alpha value is -1.69. The standard InChI is InChI=1S/C13H18FN3O2/c1-9-8-16(2)7-6-11(9)15-12-5-3-4-10(14)13(12)17(18)19/h3-5,9,11,15H,6-8H2,1-2H3. The molecule has 1 heterocycles. The molecule has 0 aromatic heterocycles. The Balaban J connectivity index is 2.19. The number of hydrogen-bond acceptors (Lipinski definition) is 4. The highest BCUT2D eigenvalue weighted by molar-refractivity contribution is 5.62. The van der Waals surface area contributed by atoms with Gasteiger partial charge in [-0.2, -0.15) is 4.39 Å². The first kappa shape index (κ1) is 13.7. The molecule has 0 bridgehead atoms. The predicted octanol–water partition coefficient (Wildman–Crippen LogP) is 2.49. The largest absolute Gasteiger partial charge is 0.376 e. The maximum atomic E-state index is 13.5. The van der Waals surface area contributed by atoms with Crippen molar-refractivity contribution in [3.8, 4) is 0 Å². The van der Waals surface area contributed by atoms with Gasteiger partial charge in [-0.3, -0.25) is 10.1 Å². The zero-order chi connectivity index (χ0) is 14.0. The number of hydrogen-bond donors (Lipinski definition) is 1. The molecular formula is C13H18FN3O2. The molecule has 0 amide bonds. The van der Waals surface area contributed by atoms with Crippen LogP contribution < -0.4 is 5.32 Å². The van der Waals surface area contributed by atoms with E-state index in [0.29, 0.717) is 5.92 Å². The SMILES string of the molecule is CC1CN(C)CCC1Nc1cccc(F)c1[N+](=O)[O-]. The number of nitro groups is 1. The van der Waals surface area contributed by atoms with Crippen LogP contribution in [0.5, 0.6) is 0 Å². The van der Waals surface area contributed by atoms with Crippen LogP contribution in [-0.2, 0) is 0 Å². The minimum absolute atomic E-state index is 0.136. The Morgan fingerprint density at radius 1 is 1.53 bits per heavy atom. The fourth-order valence-corrected chi connectivity index (χ4v) is 2.59. The molecule has 1 aromatic carbocycles. The number of anilines is 1. The van der Waals surface area contributed by atoms with Crippen LogP contribution in [-0.4, -0.2) is 36.0 Å². The Morgan fingerprint density at radius 3 is 2.89 bits per heavy atom. The first-order chi connectivity index (χ1) is 8.99. The van der Waals surface area contributed by atoms with Crippen LogP contribution in [0.4, 0.5) is 15.8 Å². The van der Waals surface area contributed by atoms with E-state index in [-0.39, 0.29) is 11.7 Å². The molecule has 0 aliphatic carbocycles. The second-order valence-corrected chi connectivity index (χ2v) is 5.17. The van der Waals surface area contributed by atoms with Gasteiger partial charge >= 0.3 is 5.69 Å².